The van der Waals surface area contributed by atoms with Crippen molar-refractivity contribution < 1.29 is 0 Å². The molecule has 0 spiro atoms. The summed E-state index contributed by atoms with van der Waals surface area (Å²) in [7, 11) is 4.31. The summed E-state index contributed by atoms with van der Waals surface area (Å²) in [5, 5.41) is 1.11. The lowest BCUT2D eigenvalue weighted by Gasteiger charge is -2.35. The molecule has 1 aromatic carbocycles. The van der Waals surface area contributed by atoms with Gasteiger partial charge in [0.05, 0.1) is 0 Å². The first-order chi connectivity index (χ1) is 10.5. The van der Waals surface area contributed by atoms with Crippen molar-refractivity contribution in [3.8, 4) is 0 Å². The molecular formula is C18H25N3O. The van der Waals surface area contributed by atoms with Crippen LogP contribution >= 0.6 is 0 Å². The maximum atomic E-state index is 12.3. The SMILES string of the molecule is Cc1ccc2cc(CN(C)C3CCN(C)CC3)c(=O)[nH]c2c1. The molecule has 0 unspecified atom stereocenters. The van der Waals surface area contributed by atoms with Gasteiger partial charge in [-0.25, -0.2) is 0 Å². The number of fused-ring (bicyclic) bond motifs is 1. The second-order valence-electron chi connectivity index (χ2n) is 6.66. The van der Waals surface area contributed by atoms with Gasteiger partial charge in [0.15, 0.2) is 0 Å². The second-order valence-corrected chi connectivity index (χ2v) is 6.66. The Morgan fingerprint density at radius 3 is 2.73 bits per heavy atom. The molecular weight excluding hydrogens is 274 g/mol. The van der Waals surface area contributed by atoms with Gasteiger partial charge in [0.1, 0.15) is 0 Å². The molecule has 0 radical (unpaired) electrons. The monoisotopic (exact) mass is 299 g/mol. The maximum absolute atomic E-state index is 12.3. The number of hydrogen-bond acceptors (Lipinski definition) is 3. The fourth-order valence-corrected chi connectivity index (χ4v) is 3.31. The third-order valence-electron chi connectivity index (χ3n) is 4.81. The van der Waals surface area contributed by atoms with Gasteiger partial charge >= 0.3 is 0 Å². The van der Waals surface area contributed by atoms with Crippen LogP contribution in [0.2, 0.25) is 0 Å². The van der Waals surface area contributed by atoms with Gasteiger partial charge in [-0.1, -0.05) is 12.1 Å². The highest BCUT2D eigenvalue weighted by Crippen LogP contribution is 2.17. The van der Waals surface area contributed by atoms with Gasteiger partial charge in [-0.05, 0) is 70.0 Å². The minimum absolute atomic E-state index is 0.0397. The number of likely N-dealkylation sites (tertiary alicyclic amines) is 1. The van der Waals surface area contributed by atoms with E-state index in [4.69, 9.17) is 0 Å². The summed E-state index contributed by atoms with van der Waals surface area (Å²) in [6.45, 7) is 5.04. The van der Waals surface area contributed by atoms with Crippen LogP contribution in [0.25, 0.3) is 10.9 Å². The average Bonchev–Trinajstić information content (AvgIpc) is 2.49. The first-order valence-electron chi connectivity index (χ1n) is 8.04. The van der Waals surface area contributed by atoms with Crippen LogP contribution < -0.4 is 5.56 Å². The number of hydrogen-bond donors (Lipinski definition) is 1. The summed E-state index contributed by atoms with van der Waals surface area (Å²) in [5.74, 6) is 0. The second kappa shape index (κ2) is 6.23. The van der Waals surface area contributed by atoms with E-state index in [0.29, 0.717) is 12.6 Å². The number of piperidine rings is 1. The molecule has 1 N–H and O–H groups in total. The summed E-state index contributed by atoms with van der Waals surface area (Å²) in [6.07, 6.45) is 2.36. The third kappa shape index (κ3) is 3.23. The molecule has 1 saturated heterocycles. The number of nitrogens with one attached hydrogen (secondary N) is 1. The molecule has 0 bridgehead atoms. The molecule has 4 heteroatoms. The number of aromatic nitrogens is 1. The molecule has 1 aliphatic rings. The molecule has 3 rings (SSSR count). The summed E-state index contributed by atoms with van der Waals surface area (Å²) >= 11 is 0. The number of aromatic amines is 1. The van der Waals surface area contributed by atoms with Gasteiger partial charge in [-0.2, -0.15) is 0 Å². The highest BCUT2D eigenvalue weighted by molar-refractivity contribution is 5.79. The smallest absolute Gasteiger partial charge is 0.252 e. The molecule has 0 amide bonds. The lowest BCUT2D eigenvalue weighted by atomic mass is 10.0. The Hall–Kier alpha value is -1.65. The van der Waals surface area contributed by atoms with E-state index >= 15 is 0 Å². The van der Waals surface area contributed by atoms with Crippen molar-refractivity contribution >= 4 is 10.9 Å². The molecule has 1 aromatic heterocycles. The summed E-state index contributed by atoms with van der Waals surface area (Å²) in [4.78, 5) is 20.0. The quantitative estimate of drug-likeness (QED) is 0.946. The molecule has 0 saturated carbocycles. The van der Waals surface area contributed by atoms with E-state index in [-0.39, 0.29) is 5.56 Å². The summed E-state index contributed by atoms with van der Waals surface area (Å²) in [5.41, 5.74) is 2.99. The Bertz CT molecular complexity index is 714. The topological polar surface area (TPSA) is 39.3 Å². The number of aryl methyl sites for hydroxylation is 1. The molecule has 2 heterocycles. The van der Waals surface area contributed by atoms with Crippen LogP contribution in [0, 0.1) is 6.92 Å². The lowest BCUT2D eigenvalue weighted by molar-refractivity contribution is 0.139. The van der Waals surface area contributed by atoms with Crippen LogP contribution in [0.4, 0.5) is 0 Å². The van der Waals surface area contributed by atoms with E-state index in [2.05, 4.69) is 41.0 Å². The molecule has 4 nitrogen and oxygen atoms in total. The van der Waals surface area contributed by atoms with Crippen LogP contribution in [-0.4, -0.2) is 48.0 Å². The van der Waals surface area contributed by atoms with Gasteiger partial charge in [-0.3, -0.25) is 9.69 Å². The van der Waals surface area contributed by atoms with Gasteiger partial charge in [0.2, 0.25) is 0 Å². The largest absolute Gasteiger partial charge is 0.322 e. The summed E-state index contributed by atoms with van der Waals surface area (Å²) < 4.78 is 0. The zero-order valence-corrected chi connectivity index (χ0v) is 13.7. The van der Waals surface area contributed by atoms with Crippen LogP contribution in [0.5, 0.6) is 0 Å². The van der Waals surface area contributed by atoms with Crippen molar-refractivity contribution in [2.45, 2.75) is 32.4 Å². The van der Waals surface area contributed by atoms with Crippen LogP contribution in [-0.2, 0) is 6.54 Å². The van der Waals surface area contributed by atoms with Gasteiger partial charge in [-0.15, -0.1) is 0 Å². The van der Waals surface area contributed by atoms with Gasteiger partial charge in [0, 0.05) is 23.7 Å². The van der Waals surface area contributed by atoms with Crippen molar-refractivity contribution in [3.05, 3.63) is 45.7 Å². The highest BCUT2D eigenvalue weighted by Gasteiger charge is 2.21. The Balaban J connectivity index is 1.80. The number of H-pyrrole nitrogens is 1. The molecule has 1 fully saturated rings. The lowest BCUT2D eigenvalue weighted by Crippen LogP contribution is -2.42. The van der Waals surface area contributed by atoms with Crippen molar-refractivity contribution in [2.75, 3.05) is 27.2 Å². The fraction of sp³-hybridized carbons (Fsp3) is 0.500. The van der Waals surface area contributed by atoms with Crippen molar-refractivity contribution in [2.24, 2.45) is 0 Å². The Morgan fingerprint density at radius 2 is 2.00 bits per heavy atom. The summed E-state index contributed by atoms with van der Waals surface area (Å²) in [6, 6.07) is 8.81. The van der Waals surface area contributed by atoms with E-state index in [0.717, 1.165) is 29.6 Å². The molecule has 1 aliphatic heterocycles. The Morgan fingerprint density at radius 1 is 1.27 bits per heavy atom. The minimum Gasteiger partial charge on any atom is -0.322 e. The Kier molecular flexibility index (Phi) is 4.32. The third-order valence-corrected chi connectivity index (χ3v) is 4.81. The van der Waals surface area contributed by atoms with Crippen molar-refractivity contribution in [1.82, 2.24) is 14.8 Å². The van der Waals surface area contributed by atoms with E-state index in [1.807, 2.05) is 19.1 Å². The zero-order valence-electron chi connectivity index (χ0n) is 13.7. The van der Waals surface area contributed by atoms with E-state index in [9.17, 15) is 4.79 Å². The normalized spacial score (nSPS) is 17.5. The fourth-order valence-electron chi connectivity index (χ4n) is 3.31. The van der Waals surface area contributed by atoms with Crippen LogP contribution in [0.1, 0.15) is 24.0 Å². The molecule has 0 aliphatic carbocycles. The standard InChI is InChI=1S/C18H25N3O/c1-13-4-5-14-11-15(18(22)19-17(14)10-13)12-21(3)16-6-8-20(2)9-7-16/h4-5,10-11,16H,6-9,12H2,1-3H3,(H,19,22). The number of benzene rings is 1. The molecule has 22 heavy (non-hydrogen) atoms. The van der Waals surface area contributed by atoms with Crippen LogP contribution in [0.3, 0.4) is 0 Å². The van der Waals surface area contributed by atoms with Gasteiger partial charge in [0.25, 0.3) is 5.56 Å². The van der Waals surface area contributed by atoms with Crippen molar-refractivity contribution in [3.63, 3.8) is 0 Å². The predicted octanol–water partition coefficient (Wildman–Crippen LogP) is 2.36. The molecule has 118 valence electrons. The molecule has 0 atom stereocenters. The van der Waals surface area contributed by atoms with E-state index in [1.165, 1.54) is 18.4 Å². The average molecular weight is 299 g/mol. The number of pyridine rings is 1. The number of rotatable bonds is 3. The van der Waals surface area contributed by atoms with Gasteiger partial charge < -0.3 is 9.88 Å². The molecule has 2 aromatic rings. The maximum Gasteiger partial charge on any atom is 0.252 e. The first kappa shape index (κ1) is 15.3. The highest BCUT2D eigenvalue weighted by atomic mass is 16.1. The zero-order chi connectivity index (χ0) is 15.7. The van der Waals surface area contributed by atoms with Crippen molar-refractivity contribution in [1.29, 1.82) is 0 Å². The van der Waals surface area contributed by atoms with E-state index in [1.54, 1.807) is 0 Å². The Labute approximate surface area is 131 Å². The number of nitrogens with zero attached hydrogens (tertiary/aromatic N) is 2. The first-order valence-corrected chi connectivity index (χ1v) is 8.04. The van der Waals surface area contributed by atoms with Crippen LogP contribution in [0.15, 0.2) is 29.1 Å². The van der Waals surface area contributed by atoms with E-state index < -0.39 is 0 Å². The minimum atomic E-state index is 0.0397. The predicted molar refractivity (Wildman–Crippen MR) is 91.3 cm³/mol.